The number of hydrogen-bond donors (Lipinski definition) is 1. The second-order valence-electron chi connectivity index (χ2n) is 5.54. The van der Waals surface area contributed by atoms with E-state index in [4.69, 9.17) is 0 Å². The molecule has 0 aromatic carbocycles. The van der Waals surface area contributed by atoms with Gasteiger partial charge in [-0.3, -0.25) is 0 Å². The van der Waals surface area contributed by atoms with Gasteiger partial charge in [0.15, 0.2) is 0 Å². The minimum Gasteiger partial charge on any atom is -0.313 e. The third-order valence-corrected chi connectivity index (χ3v) is 5.70. The van der Waals surface area contributed by atoms with Gasteiger partial charge in [0.2, 0.25) is 0 Å². The first kappa shape index (κ1) is 15.0. The van der Waals surface area contributed by atoms with Crippen LogP contribution in [0, 0.1) is 5.41 Å². The first-order valence-corrected chi connectivity index (χ1v) is 8.69. The molecule has 0 spiro atoms. The topological polar surface area (TPSA) is 46.2 Å². The van der Waals surface area contributed by atoms with Crippen LogP contribution >= 0.6 is 0 Å². The van der Waals surface area contributed by atoms with Crippen molar-refractivity contribution >= 4 is 9.84 Å². The zero-order valence-corrected chi connectivity index (χ0v) is 12.3. The van der Waals surface area contributed by atoms with Crippen LogP contribution in [0.2, 0.25) is 0 Å². The van der Waals surface area contributed by atoms with Crippen molar-refractivity contribution in [2.75, 3.05) is 18.1 Å². The minimum atomic E-state index is -2.79. The second kappa shape index (κ2) is 6.19. The highest BCUT2D eigenvalue weighted by Gasteiger charge is 2.43. The zero-order chi connectivity index (χ0) is 12.9. The molecular formula is C13H27NO2S. The molecule has 17 heavy (non-hydrogen) atoms. The van der Waals surface area contributed by atoms with E-state index < -0.39 is 9.84 Å². The summed E-state index contributed by atoms with van der Waals surface area (Å²) in [5, 5.41) is 3.58. The van der Waals surface area contributed by atoms with Gasteiger partial charge in [0, 0.05) is 11.8 Å². The molecule has 3 nitrogen and oxygen atoms in total. The normalized spacial score (nSPS) is 20.2. The Labute approximate surface area is 106 Å². The van der Waals surface area contributed by atoms with Crippen LogP contribution in [0.5, 0.6) is 0 Å². The SMILES string of the molecule is CCCNC(CCCS(=O)(=O)CC)C1(C)CC1. The predicted octanol–water partition coefficient (Wildman–Crippen LogP) is 2.37. The molecule has 1 aliphatic carbocycles. The van der Waals surface area contributed by atoms with Crippen molar-refractivity contribution in [3.63, 3.8) is 0 Å². The Kier molecular flexibility index (Phi) is 5.45. The molecule has 4 heteroatoms. The van der Waals surface area contributed by atoms with Crippen LogP contribution in [0.25, 0.3) is 0 Å². The molecular weight excluding hydrogens is 234 g/mol. The molecule has 0 radical (unpaired) electrons. The van der Waals surface area contributed by atoms with E-state index >= 15 is 0 Å². The Bertz CT molecular complexity index is 320. The lowest BCUT2D eigenvalue weighted by Crippen LogP contribution is -2.37. The summed E-state index contributed by atoms with van der Waals surface area (Å²) in [5.74, 6) is 0.626. The summed E-state index contributed by atoms with van der Waals surface area (Å²) in [7, 11) is -2.79. The Morgan fingerprint density at radius 3 is 2.41 bits per heavy atom. The predicted molar refractivity (Wildman–Crippen MR) is 73.0 cm³/mol. The average Bonchev–Trinajstić information content (AvgIpc) is 3.02. The largest absolute Gasteiger partial charge is 0.313 e. The van der Waals surface area contributed by atoms with Gasteiger partial charge in [0.05, 0.1) is 5.75 Å². The van der Waals surface area contributed by atoms with Crippen molar-refractivity contribution < 1.29 is 8.42 Å². The number of sulfone groups is 1. The number of nitrogens with one attached hydrogen (secondary N) is 1. The molecule has 1 atom stereocenters. The van der Waals surface area contributed by atoms with E-state index in [-0.39, 0.29) is 5.75 Å². The summed E-state index contributed by atoms with van der Waals surface area (Å²) < 4.78 is 22.9. The minimum absolute atomic E-state index is 0.275. The third kappa shape index (κ3) is 4.96. The Morgan fingerprint density at radius 2 is 1.94 bits per heavy atom. The molecule has 1 fully saturated rings. The maximum Gasteiger partial charge on any atom is 0.150 e. The molecule has 0 aliphatic heterocycles. The first-order valence-electron chi connectivity index (χ1n) is 6.87. The van der Waals surface area contributed by atoms with Crippen LogP contribution < -0.4 is 5.32 Å². The van der Waals surface area contributed by atoms with Gasteiger partial charge >= 0.3 is 0 Å². The smallest absolute Gasteiger partial charge is 0.150 e. The zero-order valence-electron chi connectivity index (χ0n) is 11.5. The van der Waals surface area contributed by atoms with Gasteiger partial charge in [0.25, 0.3) is 0 Å². The van der Waals surface area contributed by atoms with Gasteiger partial charge in [0.1, 0.15) is 9.84 Å². The lowest BCUT2D eigenvalue weighted by molar-refractivity contribution is 0.335. The van der Waals surface area contributed by atoms with Gasteiger partial charge in [-0.1, -0.05) is 20.8 Å². The van der Waals surface area contributed by atoms with Crippen LogP contribution in [0.15, 0.2) is 0 Å². The summed E-state index contributed by atoms with van der Waals surface area (Å²) in [6.45, 7) is 7.25. The molecule has 1 N–H and O–H groups in total. The van der Waals surface area contributed by atoms with E-state index in [2.05, 4.69) is 19.2 Å². The summed E-state index contributed by atoms with van der Waals surface area (Å²) in [5.41, 5.74) is 0.436. The Balaban J connectivity index is 2.34. The average molecular weight is 261 g/mol. The van der Waals surface area contributed by atoms with Crippen molar-refractivity contribution in [2.45, 2.75) is 58.9 Å². The van der Waals surface area contributed by atoms with Crippen LogP contribution in [-0.2, 0) is 9.84 Å². The van der Waals surface area contributed by atoms with E-state index in [1.807, 2.05) is 0 Å². The second-order valence-corrected chi connectivity index (χ2v) is 8.01. The lowest BCUT2D eigenvalue weighted by atomic mass is 9.94. The van der Waals surface area contributed by atoms with Crippen molar-refractivity contribution in [2.24, 2.45) is 5.41 Å². The third-order valence-electron chi connectivity index (χ3n) is 3.91. The fourth-order valence-electron chi connectivity index (χ4n) is 2.21. The van der Waals surface area contributed by atoms with Crippen molar-refractivity contribution in [1.82, 2.24) is 5.32 Å². The van der Waals surface area contributed by atoms with E-state index in [1.54, 1.807) is 6.92 Å². The molecule has 0 saturated heterocycles. The van der Waals surface area contributed by atoms with Crippen LogP contribution in [0.4, 0.5) is 0 Å². The highest BCUT2D eigenvalue weighted by molar-refractivity contribution is 7.91. The maximum atomic E-state index is 11.4. The summed E-state index contributed by atoms with van der Waals surface area (Å²) in [6, 6.07) is 0.509. The summed E-state index contributed by atoms with van der Waals surface area (Å²) in [6.07, 6.45) is 5.51. The highest BCUT2D eigenvalue weighted by atomic mass is 32.2. The molecule has 1 saturated carbocycles. The van der Waals surface area contributed by atoms with Gasteiger partial charge in [-0.25, -0.2) is 8.42 Å². The Morgan fingerprint density at radius 1 is 1.29 bits per heavy atom. The fourth-order valence-corrected chi connectivity index (χ4v) is 3.11. The lowest BCUT2D eigenvalue weighted by Gasteiger charge is -2.24. The summed E-state index contributed by atoms with van der Waals surface area (Å²) in [4.78, 5) is 0. The number of rotatable bonds is 9. The van der Waals surface area contributed by atoms with Crippen LogP contribution in [-0.4, -0.2) is 32.5 Å². The van der Waals surface area contributed by atoms with Gasteiger partial charge in [-0.05, 0) is 44.1 Å². The fraction of sp³-hybridized carbons (Fsp3) is 1.00. The Hall–Kier alpha value is -0.0900. The molecule has 1 unspecified atom stereocenters. The number of hydrogen-bond acceptors (Lipinski definition) is 3. The van der Waals surface area contributed by atoms with Crippen LogP contribution in [0.3, 0.4) is 0 Å². The van der Waals surface area contributed by atoms with Crippen molar-refractivity contribution in [3.8, 4) is 0 Å². The maximum absolute atomic E-state index is 11.4. The molecule has 0 heterocycles. The molecule has 0 aromatic heterocycles. The van der Waals surface area contributed by atoms with E-state index in [0.717, 1.165) is 25.8 Å². The van der Waals surface area contributed by atoms with Crippen molar-refractivity contribution in [3.05, 3.63) is 0 Å². The molecule has 102 valence electrons. The molecule has 1 aliphatic rings. The van der Waals surface area contributed by atoms with E-state index in [9.17, 15) is 8.42 Å². The van der Waals surface area contributed by atoms with Gasteiger partial charge < -0.3 is 5.32 Å². The van der Waals surface area contributed by atoms with E-state index in [1.165, 1.54) is 12.8 Å². The quantitative estimate of drug-likeness (QED) is 0.693. The monoisotopic (exact) mass is 261 g/mol. The first-order chi connectivity index (χ1) is 7.93. The molecule has 0 aromatic rings. The van der Waals surface area contributed by atoms with Crippen molar-refractivity contribution in [1.29, 1.82) is 0 Å². The molecule has 0 amide bonds. The van der Waals surface area contributed by atoms with Gasteiger partial charge in [-0.15, -0.1) is 0 Å². The molecule has 1 rings (SSSR count). The standard InChI is InChI=1S/C13H27NO2S/c1-4-10-14-12(13(3)8-9-13)7-6-11-17(15,16)5-2/h12,14H,4-11H2,1-3H3. The van der Waals surface area contributed by atoms with E-state index in [0.29, 0.717) is 17.2 Å². The van der Waals surface area contributed by atoms with Gasteiger partial charge in [-0.2, -0.15) is 0 Å². The van der Waals surface area contributed by atoms with Crippen LogP contribution in [0.1, 0.15) is 52.9 Å². The summed E-state index contributed by atoms with van der Waals surface area (Å²) >= 11 is 0. The highest BCUT2D eigenvalue weighted by Crippen LogP contribution is 2.49. The molecule has 0 bridgehead atoms.